The highest BCUT2D eigenvalue weighted by Gasteiger charge is 2.31. The topological polar surface area (TPSA) is 41.7 Å². The average Bonchev–Trinajstić information content (AvgIpc) is 3.01. The SMILES string of the molecule is COCCN1CCN(Cc2nc(-c3cccc(C(F)(F)F)c3)oc2C)CC1. The van der Waals surface area contributed by atoms with Crippen molar-refractivity contribution in [3.63, 3.8) is 0 Å². The molecule has 2 heterocycles. The standard InChI is InChI=1S/C19H24F3N3O2/c1-14-17(13-25-8-6-24(7-9-25)10-11-26-2)23-18(27-14)15-4-3-5-16(12-15)19(20,21)22/h3-5,12H,6-11,13H2,1-2H3. The van der Waals surface area contributed by atoms with Gasteiger partial charge in [0.2, 0.25) is 5.89 Å². The van der Waals surface area contributed by atoms with Gasteiger partial charge in [0.25, 0.3) is 0 Å². The Labute approximate surface area is 156 Å². The van der Waals surface area contributed by atoms with Crippen molar-refractivity contribution in [2.75, 3.05) is 46.4 Å². The minimum Gasteiger partial charge on any atom is -0.441 e. The molecule has 2 aromatic rings. The number of halogens is 3. The first kappa shape index (κ1) is 19.9. The van der Waals surface area contributed by atoms with Gasteiger partial charge in [0.1, 0.15) is 5.76 Å². The van der Waals surface area contributed by atoms with Gasteiger partial charge in [0.05, 0.1) is 17.9 Å². The normalized spacial score (nSPS) is 16.8. The molecule has 1 aliphatic rings. The lowest BCUT2D eigenvalue weighted by Gasteiger charge is -2.34. The Bertz CT molecular complexity index is 753. The number of aryl methyl sites for hydroxylation is 1. The maximum atomic E-state index is 12.9. The molecule has 0 radical (unpaired) electrons. The molecule has 1 fully saturated rings. The average molecular weight is 383 g/mol. The second-order valence-electron chi connectivity index (χ2n) is 6.71. The van der Waals surface area contributed by atoms with Crippen LogP contribution < -0.4 is 0 Å². The molecule has 1 aromatic carbocycles. The Hall–Kier alpha value is -1.90. The number of rotatable bonds is 6. The minimum atomic E-state index is -4.39. The van der Waals surface area contributed by atoms with Crippen LogP contribution in [0.3, 0.4) is 0 Å². The van der Waals surface area contributed by atoms with E-state index in [-0.39, 0.29) is 5.89 Å². The van der Waals surface area contributed by atoms with Crippen LogP contribution in [0.5, 0.6) is 0 Å². The van der Waals surface area contributed by atoms with Crippen molar-refractivity contribution in [2.45, 2.75) is 19.6 Å². The van der Waals surface area contributed by atoms with Crippen LogP contribution in [0.1, 0.15) is 17.0 Å². The lowest BCUT2D eigenvalue weighted by atomic mass is 10.1. The van der Waals surface area contributed by atoms with Gasteiger partial charge in [-0.3, -0.25) is 9.80 Å². The molecule has 0 unspecified atom stereocenters. The highest BCUT2D eigenvalue weighted by molar-refractivity contribution is 5.55. The fraction of sp³-hybridized carbons (Fsp3) is 0.526. The van der Waals surface area contributed by atoms with Crippen molar-refractivity contribution < 1.29 is 22.3 Å². The van der Waals surface area contributed by atoms with Gasteiger partial charge in [-0.15, -0.1) is 0 Å². The van der Waals surface area contributed by atoms with Crippen LogP contribution in [-0.4, -0.2) is 61.2 Å². The number of aromatic nitrogens is 1. The number of oxazole rings is 1. The minimum absolute atomic E-state index is 0.229. The summed E-state index contributed by atoms with van der Waals surface area (Å²) >= 11 is 0. The van der Waals surface area contributed by atoms with E-state index in [1.54, 1.807) is 20.1 Å². The van der Waals surface area contributed by atoms with Gasteiger partial charge in [-0.1, -0.05) is 6.07 Å². The lowest BCUT2D eigenvalue weighted by Crippen LogP contribution is -2.46. The Kier molecular flexibility index (Phi) is 6.18. The quantitative estimate of drug-likeness (QED) is 0.765. The van der Waals surface area contributed by atoms with E-state index in [9.17, 15) is 13.2 Å². The molecule has 1 saturated heterocycles. The smallest absolute Gasteiger partial charge is 0.416 e. The van der Waals surface area contributed by atoms with E-state index in [0.29, 0.717) is 17.9 Å². The Morgan fingerprint density at radius 2 is 1.85 bits per heavy atom. The molecule has 1 aromatic heterocycles. The number of methoxy groups -OCH3 is 1. The molecule has 0 spiro atoms. The van der Waals surface area contributed by atoms with Crippen molar-refractivity contribution in [1.82, 2.24) is 14.8 Å². The van der Waals surface area contributed by atoms with Crippen LogP contribution >= 0.6 is 0 Å². The van der Waals surface area contributed by atoms with Gasteiger partial charge < -0.3 is 9.15 Å². The Morgan fingerprint density at radius 3 is 2.52 bits per heavy atom. The van der Waals surface area contributed by atoms with Crippen LogP contribution in [0, 0.1) is 6.92 Å². The molecule has 0 saturated carbocycles. The number of hydrogen-bond acceptors (Lipinski definition) is 5. The summed E-state index contributed by atoms with van der Waals surface area (Å²) in [5.74, 6) is 0.872. The molecular formula is C19H24F3N3O2. The molecule has 8 heteroatoms. The summed E-state index contributed by atoms with van der Waals surface area (Å²) in [6, 6.07) is 5.07. The third-order valence-corrected chi connectivity index (χ3v) is 4.78. The van der Waals surface area contributed by atoms with E-state index in [1.807, 2.05) is 0 Å². The zero-order valence-electron chi connectivity index (χ0n) is 15.6. The predicted octanol–water partition coefficient (Wildman–Crippen LogP) is 3.43. The molecule has 1 aliphatic heterocycles. The van der Waals surface area contributed by atoms with E-state index in [2.05, 4.69) is 14.8 Å². The van der Waals surface area contributed by atoms with Crippen LogP contribution in [0.2, 0.25) is 0 Å². The van der Waals surface area contributed by atoms with Crippen LogP contribution in [0.15, 0.2) is 28.7 Å². The number of hydrogen-bond donors (Lipinski definition) is 0. The van der Waals surface area contributed by atoms with Gasteiger partial charge in [-0.2, -0.15) is 13.2 Å². The maximum Gasteiger partial charge on any atom is 0.416 e. The zero-order valence-corrected chi connectivity index (χ0v) is 15.6. The molecule has 0 atom stereocenters. The summed E-state index contributed by atoms with van der Waals surface area (Å²) in [7, 11) is 1.70. The summed E-state index contributed by atoms with van der Waals surface area (Å²) in [6.45, 7) is 7.82. The number of nitrogens with zero attached hydrogens (tertiary/aromatic N) is 3. The highest BCUT2D eigenvalue weighted by Crippen LogP contribution is 2.32. The van der Waals surface area contributed by atoms with Crippen molar-refractivity contribution in [2.24, 2.45) is 0 Å². The molecule has 5 nitrogen and oxygen atoms in total. The molecule has 0 N–H and O–H groups in total. The Morgan fingerprint density at radius 1 is 1.15 bits per heavy atom. The monoisotopic (exact) mass is 383 g/mol. The largest absolute Gasteiger partial charge is 0.441 e. The van der Waals surface area contributed by atoms with Gasteiger partial charge in [0.15, 0.2) is 0 Å². The molecule has 0 aliphatic carbocycles. The van der Waals surface area contributed by atoms with Crippen molar-refractivity contribution in [1.29, 1.82) is 0 Å². The van der Waals surface area contributed by atoms with Gasteiger partial charge in [0, 0.05) is 51.9 Å². The van der Waals surface area contributed by atoms with Gasteiger partial charge in [-0.25, -0.2) is 4.98 Å². The second kappa shape index (κ2) is 8.41. The number of piperazine rings is 1. The summed E-state index contributed by atoms with van der Waals surface area (Å²) in [5, 5.41) is 0. The fourth-order valence-corrected chi connectivity index (χ4v) is 3.13. The van der Waals surface area contributed by atoms with E-state index in [4.69, 9.17) is 9.15 Å². The number of ether oxygens (including phenoxy) is 1. The van der Waals surface area contributed by atoms with E-state index < -0.39 is 11.7 Å². The highest BCUT2D eigenvalue weighted by atomic mass is 19.4. The molecule has 27 heavy (non-hydrogen) atoms. The van der Waals surface area contributed by atoms with Crippen molar-refractivity contribution >= 4 is 0 Å². The third kappa shape index (κ3) is 5.09. The molecule has 148 valence electrons. The summed E-state index contributed by atoms with van der Waals surface area (Å²) in [5.41, 5.74) is 0.404. The van der Waals surface area contributed by atoms with Crippen LogP contribution in [0.25, 0.3) is 11.5 Å². The third-order valence-electron chi connectivity index (χ3n) is 4.78. The van der Waals surface area contributed by atoms with Crippen LogP contribution in [0.4, 0.5) is 13.2 Å². The lowest BCUT2D eigenvalue weighted by molar-refractivity contribution is -0.137. The van der Waals surface area contributed by atoms with Crippen LogP contribution in [-0.2, 0) is 17.5 Å². The van der Waals surface area contributed by atoms with Gasteiger partial charge >= 0.3 is 6.18 Å². The summed E-state index contributed by atoms with van der Waals surface area (Å²) in [4.78, 5) is 9.09. The number of benzene rings is 1. The first-order valence-corrected chi connectivity index (χ1v) is 8.94. The summed E-state index contributed by atoms with van der Waals surface area (Å²) in [6.07, 6.45) is -4.39. The predicted molar refractivity (Wildman–Crippen MR) is 95.3 cm³/mol. The zero-order chi connectivity index (χ0) is 19.4. The van der Waals surface area contributed by atoms with E-state index in [0.717, 1.165) is 57.2 Å². The van der Waals surface area contributed by atoms with Crippen molar-refractivity contribution in [3.05, 3.63) is 41.3 Å². The first-order valence-electron chi connectivity index (χ1n) is 8.94. The number of alkyl halides is 3. The fourth-order valence-electron chi connectivity index (χ4n) is 3.13. The van der Waals surface area contributed by atoms with Crippen molar-refractivity contribution in [3.8, 4) is 11.5 Å². The maximum absolute atomic E-state index is 12.9. The summed E-state index contributed by atoms with van der Waals surface area (Å²) < 4.78 is 49.5. The molecule has 0 amide bonds. The molecule has 0 bridgehead atoms. The van der Waals surface area contributed by atoms with E-state index in [1.165, 1.54) is 6.07 Å². The molecule has 3 rings (SSSR count). The van der Waals surface area contributed by atoms with Gasteiger partial charge in [-0.05, 0) is 25.1 Å². The van der Waals surface area contributed by atoms with E-state index >= 15 is 0 Å². The Balaban J connectivity index is 1.66. The first-order chi connectivity index (χ1) is 12.9. The second-order valence-corrected chi connectivity index (χ2v) is 6.71. The molecular weight excluding hydrogens is 359 g/mol.